The predicted octanol–water partition coefficient (Wildman–Crippen LogP) is 5.21. The van der Waals surface area contributed by atoms with E-state index in [0.717, 1.165) is 12.2 Å². The van der Waals surface area contributed by atoms with E-state index in [1.54, 1.807) is 6.26 Å². The van der Waals surface area contributed by atoms with Crippen molar-refractivity contribution in [1.29, 1.82) is 0 Å². The Morgan fingerprint density at radius 3 is 2.19 bits per heavy atom. The summed E-state index contributed by atoms with van der Waals surface area (Å²) in [6.07, 6.45) is 15.2. The Balaban J connectivity index is 1.82. The summed E-state index contributed by atoms with van der Waals surface area (Å²) in [7, 11) is 0. The van der Waals surface area contributed by atoms with E-state index in [0.29, 0.717) is 13.0 Å². The van der Waals surface area contributed by atoms with Crippen LogP contribution >= 0.6 is 0 Å². The highest BCUT2D eigenvalue weighted by atomic mass is 16.3. The zero-order chi connectivity index (χ0) is 15.2. The van der Waals surface area contributed by atoms with Gasteiger partial charge in [0.05, 0.1) is 12.8 Å². The van der Waals surface area contributed by atoms with Crippen LogP contribution in [0.3, 0.4) is 0 Å². The van der Waals surface area contributed by atoms with Gasteiger partial charge in [-0.05, 0) is 18.6 Å². The van der Waals surface area contributed by atoms with Gasteiger partial charge in [-0.2, -0.15) is 0 Å². The van der Waals surface area contributed by atoms with E-state index >= 15 is 0 Å². The number of carbonyl (C=O) groups excluding carboxylic acids is 1. The summed E-state index contributed by atoms with van der Waals surface area (Å²) in [5, 5.41) is 2.88. The molecule has 0 saturated heterocycles. The molecule has 0 saturated carbocycles. The molecule has 1 aromatic rings. The summed E-state index contributed by atoms with van der Waals surface area (Å²) in [4.78, 5) is 11.6. The summed E-state index contributed by atoms with van der Waals surface area (Å²) in [6.45, 7) is 2.76. The lowest BCUT2D eigenvalue weighted by Gasteiger charge is -2.04. The molecule has 1 heterocycles. The zero-order valence-corrected chi connectivity index (χ0v) is 13.5. The van der Waals surface area contributed by atoms with E-state index in [-0.39, 0.29) is 5.91 Å². The average molecular weight is 293 g/mol. The topological polar surface area (TPSA) is 42.2 Å². The summed E-state index contributed by atoms with van der Waals surface area (Å²) in [5.41, 5.74) is 0. The van der Waals surface area contributed by atoms with Crippen LogP contribution in [0.4, 0.5) is 0 Å². The van der Waals surface area contributed by atoms with Gasteiger partial charge in [-0.3, -0.25) is 4.79 Å². The Morgan fingerprint density at radius 1 is 1.00 bits per heavy atom. The first-order valence-corrected chi connectivity index (χ1v) is 8.62. The zero-order valence-electron chi connectivity index (χ0n) is 13.5. The Bertz CT molecular complexity index is 346. The highest BCUT2D eigenvalue weighted by Crippen LogP contribution is 2.11. The number of hydrogen-bond donors (Lipinski definition) is 1. The number of furan rings is 1. The van der Waals surface area contributed by atoms with Crippen molar-refractivity contribution in [2.45, 2.75) is 84.1 Å². The molecule has 1 rings (SSSR count). The van der Waals surface area contributed by atoms with Crippen LogP contribution in [0.25, 0.3) is 0 Å². The lowest BCUT2D eigenvalue weighted by Crippen LogP contribution is -2.21. The molecular formula is C18H31NO2. The van der Waals surface area contributed by atoms with Gasteiger partial charge in [-0.1, -0.05) is 64.7 Å². The van der Waals surface area contributed by atoms with Crippen molar-refractivity contribution in [3.8, 4) is 0 Å². The molecule has 3 heteroatoms. The van der Waals surface area contributed by atoms with E-state index in [4.69, 9.17) is 4.42 Å². The van der Waals surface area contributed by atoms with Gasteiger partial charge < -0.3 is 9.73 Å². The van der Waals surface area contributed by atoms with E-state index in [9.17, 15) is 4.79 Å². The monoisotopic (exact) mass is 293 g/mol. The summed E-state index contributed by atoms with van der Waals surface area (Å²) in [6, 6.07) is 3.71. The van der Waals surface area contributed by atoms with Crippen molar-refractivity contribution in [1.82, 2.24) is 5.32 Å². The normalized spacial score (nSPS) is 10.7. The minimum atomic E-state index is 0.131. The first kappa shape index (κ1) is 17.8. The second kappa shape index (κ2) is 12.5. The van der Waals surface area contributed by atoms with Crippen molar-refractivity contribution in [3.63, 3.8) is 0 Å². The molecule has 0 unspecified atom stereocenters. The first-order valence-electron chi connectivity index (χ1n) is 8.62. The third-order valence-corrected chi connectivity index (χ3v) is 3.80. The molecule has 120 valence electrons. The molecule has 1 amide bonds. The van der Waals surface area contributed by atoms with Crippen molar-refractivity contribution in [3.05, 3.63) is 24.2 Å². The molecule has 0 aliphatic carbocycles. The molecule has 0 bridgehead atoms. The molecule has 1 N–H and O–H groups in total. The van der Waals surface area contributed by atoms with Gasteiger partial charge in [-0.25, -0.2) is 0 Å². The standard InChI is InChI=1S/C18H31NO2/c1-2-3-4-5-6-7-8-9-10-11-14-18(20)19-16-17-13-12-15-21-17/h12-13,15H,2-11,14,16H2,1H3,(H,19,20). The van der Waals surface area contributed by atoms with Crippen LogP contribution in [0.5, 0.6) is 0 Å². The number of nitrogens with one attached hydrogen (secondary N) is 1. The van der Waals surface area contributed by atoms with Crippen LogP contribution in [-0.2, 0) is 11.3 Å². The summed E-state index contributed by atoms with van der Waals surface area (Å²) in [5.74, 6) is 0.942. The van der Waals surface area contributed by atoms with Gasteiger partial charge in [0.15, 0.2) is 0 Å². The number of unbranched alkanes of at least 4 members (excludes halogenated alkanes) is 9. The SMILES string of the molecule is CCCCCCCCCCCCC(=O)NCc1ccco1. The van der Waals surface area contributed by atoms with Gasteiger partial charge in [0.1, 0.15) is 5.76 Å². The minimum Gasteiger partial charge on any atom is -0.467 e. The number of amides is 1. The van der Waals surface area contributed by atoms with Gasteiger partial charge in [0.25, 0.3) is 0 Å². The molecular weight excluding hydrogens is 262 g/mol. The Hall–Kier alpha value is -1.25. The smallest absolute Gasteiger partial charge is 0.220 e. The van der Waals surface area contributed by atoms with Crippen LogP contribution < -0.4 is 5.32 Å². The highest BCUT2D eigenvalue weighted by Gasteiger charge is 2.02. The van der Waals surface area contributed by atoms with Crippen molar-refractivity contribution >= 4 is 5.91 Å². The maximum absolute atomic E-state index is 11.6. The van der Waals surface area contributed by atoms with E-state index < -0.39 is 0 Å². The van der Waals surface area contributed by atoms with Crippen LogP contribution in [0.15, 0.2) is 22.8 Å². The molecule has 0 aromatic carbocycles. The van der Waals surface area contributed by atoms with Crippen molar-refractivity contribution < 1.29 is 9.21 Å². The fraction of sp³-hybridized carbons (Fsp3) is 0.722. The molecule has 1 aromatic heterocycles. The van der Waals surface area contributed by atoms with Gasteiger partial charge >= 0.3 is 0 Å². The molecule has 0 aliphatic heterocycles. The van der Waals surface area contributed by atoms with Crippen molar-refractivity contribution in [2.75, 3.05) is 0 Å². The van der Waals surface area contributed by atoms with Gasteiger partial charge in [-0.15, -0.1) is 0 Å². The summed E-state index contributed by atoms with van der Waals surface area (Å²) < 4.78 is 5.17. The van der Waals surface area contributed by atoms with Crippen LogP contribution in [0.1, 0.15) is 83.3 Å². The lowest BCUT2D eigenvalue weighted by molar-refractivity contribution is -0.121. The molecule has 21 heavy (non-hydrogen) atoms. The van der Waals surface area contributed by atoms with Crippen LogP contribution in [-0.4, -0.2) is 5.91 Å². The molecule has 0 aliphatic rings. The largest absolute Gasteiger partial charge is 0.467 e. The second-order valence-electron chi connectivity index (χ2n) is 5.79. The van der Waals surface area contributed by atoms with E-state index in [1.807, 2.05) is 12.1 Å². The average Bonchev–Trinajstić information content (AvgIpc) is 3.00. The molecule has 0 fully saturated rings. The Morgan fingerprint density at radius 2 is 1.62 bits per heavy atom. The third-order valence-electron chi connectivity index (χ3n) is 3.80. The van der Waals surface area contributed by atoms with Crippen LogP contribution in [0.2, 0.25) is 0 Å². The number of rotatable bonds is 13. The maximum Gasteiger partial charge on any atom is 0.220 e. The quantitative estimate of drug-likeness (QED) is 0.507. The van der Waals surface area contributed by atoms with Crippen molar-refractivity contribution in [2.24, 2.45) is 0 Å². The molecule has 0 spiro atoms. The fourth-order valence-corrected chi connectivity index (χ4v) is 2.46. The van der Waals surface area contributed by atoms with E-state index in [1.165, 1.54) is 57.8 Å². The maximum atomic E-state index is 11.6. The summed E-state index contributed by atoms with van der Waals surface area (Å²) >= 11 is 0. The van der Waals surface area contributed by atoms with E-state index in [2.05, 4.69) is 12.2 Å². The minimum absolute atomic E-state index is 0.131. The Kier molecular flexibility index (Phi) is 10.6. The Labute approximate surface area is 129 Å². The fourth-order valence-electron chi connectivity index (χ4n) is 2.46. The lowest BCUT2D eigenvalue weighted by atomic mass is 10.1. The molecule has 0 radical (unpaired) electrons. The highest BCUT2D eigenvalue weighted by molar-refractivity contribution is 5.75. The third kappa shape index (κ3) is 10.2. The van der Waals surface area contributed by atoms with Gasteiger partial charge in [0, 0.05) is 6.42 Å². The van der Waals surface area contributed by atoms with Crippen LogP contribution in [0, 0.1) is 0 Å². The molecule has 0 atom stereocenters. The second-order valence-corrected chi connectivity index (χ2v) is 5.79. The van der Waals surface area contributed by atoms with Gasteiger partial charge in [0.2, 0.25) is 5.91 Å². The number of hydrogen-bond acceptors (Lipinski definition) is 2. The molecule has 3 nitrogen and oxygen atoms in total. The predicted molar refractivity (Wildman–Crippen MR) is 87.0 cm³/mol. The first-order chi connectivity index (χ1) is 10.3. The number of carbonyl (C=O) groups is 1.